The van der Waals surface area contributed by atoms with E-state index >= 15 is 0 Å². The van der Waals surface area contributed by atoms with Crippen LogP contribution >= 0.6 is 11.8 Å². The van der Waals surface area contributed by atoms with Gasteiger partial charge in [-0.25, -0.2) is 0 Å². The van der Waals surface area contributed by atoms with Crippen molar-refractivity contribution in [3.05, 3.63) is 11.7 Å². The lowest BCUT2D eigenvalue weighted by atomic mass is 9.95. The second kappa shape index (κ2) is 7.61. The third kappa shape index (κ3) is 3.79. The van der Waals surface area contributed by atoms with E-state index in [9.17, 15) is 0 Å². The van der Waals surface area contributed by atoms with Crippen molar-refractivity contribution in [3.63, 3.8) is 0 Å². The summed E-state index contributed by atoms with van der Waals surface area (Å²) in [5.41, 5.74) is 0. The van der Waals surface area contributed by atoms with Gasteiger partial charge in [-0.2, -0.15) is 16.7 Å². The summed E-state index contributed by atoms with van der Waals surface area (Å²) in [6, 6.07) is 0.394. The van der Waals surface area contributed by atoms with Gasteiger partial charge in [-0.15, -0.1) is 0 Å². The first-order chi connectivity index (χ1) is 10.4. The van der Waals surface area contributed by atoms with Gasteiger partial charge in [-0.3, -0.25) is 0 Å². The highest BCUT2D eigenvalue weighted by Crippen LogP contribution is 2.37. The summed E-state index contributed by atoms with van der Waals surface area (Å²) < 4.78 is 11.2. The molecule has 2 aliphatic heterocycles. The SMILES string of the molecule is CCCNC1CCOCC1c1nc(C2CCCCS2)no1. The Hall–Kier alpha value is -0.590. The van der Waals surface area contributed by atoms with Crippen LogP contribution in [0.25, 0.3) is 0 Å². The molecule has 0 amide bonds. The maximum atomic E-state index is 5.63. The fraction of sp³-hybridized carbons (Fsp3) is 0.867. The van der Waals surface area contributed by atoms with E-state index < -0.39 is 0 Å². The minimum absolute atomic E-state index is 0.195. The van der Waals surface area contributed by atoms with Gasteiger partial charge in [-0.1, -0.05) is 18.5 Å². The summed E-state index contributed by atoms with van der Waals surface area (Å²) in [7, 11) is 0. The van der Waals surface area contributed by atoms with E-state index in [4.69, 9.17) is 14.2 Å². The Kier molecular flexibility index (Phi) is 5.55. The third-order valence-electron chi connectivity index (χ3n) is 4.26. The van der Waals surface area contributed by atoms with E-state index in [2.05, 4.69) is 17.4 Å². The van der Waals surface area contributed by atoms with Crippen LogP contribution in [0.3, 0.4) is 0 Å². The number of thioether (sulfide) groups is 1. The molecule has 5 nitrogen and oxygen atoms in total. The van der Waals surface area contributed by atoms with Gasteiger partial charge in [0.05, 0.1) is 17.8 Å². The van der Waals surface area contributed by atoms with Gasteiger partial charge in [0.2, 0.25) is 5.89 Å². The molecule has 3 rings (SSSR count). The number of nitrogens with zero attached hydrogens (tertiary/aromatic N) is 2. The molecule has 0 saturated carbocycles. The Morgan fingerprint density at radius 2 is 2.29 bits per heavy atom. The molecule has 3 heterocycles. The lowest BCUT2D eigenvalue weighted by molar-refractivity contribution is 0.0498. The molecule has 2 fully saturated rings. The number of aromatic nitrogens is 2. The van der Waals surface area contributed by atoms with E-state index in [0.717, 1.165) is 37.7 Å². The van der Waals surface area contributed by atoms with E-state index in [1.54, 1.807) is 0 Å². The number of hydrogen-bond acceptors (Lipinski definition) is 6. The van der Waals surface area contributed by atoms with E-state index in [-0.39, 0.29) is 5.92 Å². The molecule has 0 spiro atoms. The minimum atomic E-state index is 0.195. The van der Waals surface area contributed by atoms with Crippen molar-refractivity contribution in [1.29, 1.82) is 0 Å². The lowest BCUT2D eigenvalue weighted by Gasteiger charge is -2.29. The summed E-state index contributed by atoms with van der Waals surface area (Å²) >= 11 is 1.96. The Labute approximate surface area is 130 Å². The van der Waals surface area contributed by atoms with Gasteiger partial charge in [0.1, 0.15) is 0 Å². The van der Waals surface area contributed by atoms with Crippen LogP contribution in [0.1, 0.15) is 61.9 Å². The maximum Gasteiger partial charge on any atom is 0.233 e. The Morgan fingerprint density at radius 3 is 3.10 bits per heavy atom. The fourth-order valence-electron chi connectivity index (χ4n) is 3.03. The summed E-state index contributed by atoms with van der Waals surface area (Å²) in [6.07, 6.45) is 5.90. The Balaban J connectivity index is 1.67. The molecule has 0 aromatic carbocycles. The van der Waals surface area contributed by atoms with Crippen LogP contribution in [0.4, 0.5) is 0 Å². The molecule has 0 aliphatic carbocycles. The maximum absolute atomic E-state index is 5.63. The van der Waals surface area contributed by atoms with Gasteiger partial charge in [-0.05, 0) is 38.0 Å². The molecule has 21 heavy (non-hydrogen) atoms. The predicted octanol–water partition coefficient (Wildman–Crippen LogP) is 2.90. The van der Waals surface area contributed by atoms with Gasteiger partial charge in [0.25, 0.3) is 0 Å². The van der Waals surface area contributed by atoms with E-state index in [1.165, 1.54) is 25.0 Å². The van der Waals surface area contributed by atoms with Crippen LogP contribution in [0.15, 0.2) is 4.52 Å². The summed E-state index contributed by atoms with van der Waals surface area (Å²) in [5, 5.41) is 8.25. The Morgan fingerprint density at radius 1 is 1.33 bits per heavy atom. The molecule has 1 aromatic heterocycles. The lowest BCUT2D eigenvalue weighted by Crippen LogP contribution is -2.41. The van der Waals surface area contributed by atoms with Crippen molar-refractivity contribution in [3.8, 4) is 0 Å². The topological polar surface area (TPSA) is 60.2 Å². The molecule has 118 valence electrons. The highest BCUT2D eigenvalue weighted by Gasteiger charge is 2.32. The van der Waals surface area contributed by atoms with Gasteiger partial charge in [0, 0.05) is 12.6 Å². The van der Waals surface area contributed by atoms with Crippen LogP contribution in [-0.4, -0.2) is 41.7 Å². The van der Waals surface area contributed by atoms with E-state index in [1.807, 2.05) is 11.8 Å². The van der Waals surface area contributed by atoms with Gasteiger partial charge >= 0.3 is 0 Å². The molecule has 3 unspecified atom stereocenters. The molecular weight excluding hydrogens is 286 g/mol. The van der Waals surface area contributed by atoms with E-state index in [0.29, 0.717) is 17.9 Å². The van der Waals surface area contributed by atoms with Crippen LogP contribution in [0, 0.1) is 0 Å². The molecule has 2 saturated heterocycles. The van der Waals surface area contributed by atoms with Crippen molar-refractivity contribution < 1.29 is 9.26 Å². The van der Waals surface area contributed by atoms with Crippen molar-refractivity contribution in [1.82, 2.24) is 15.5 Å². The second-order valence-electron chi connectivity index (χ2n) is 5.88. The van der Waals surface area contributed by atoms with Crippen molar-refractivity contribution >= 4 is 11.8 Å². The molecule has 0 radical (unpaired) electrons. The molecule has 3 atom stereocenters. The standard InChI is InChI=1S/C15H25N3O2S/c1-2-7-16-12-6-8-19-10-11(12)15-17-14(18-20-15)13-5-3-4-9-21-13/h11-13,16H,2-10H2,1H3. The minimum Gasteiger partial charge on any atom is -0.381 e. The average molecular weight is 311 g/mol. The van der Waals surface area contributed by atoms with Gasteiger partial charge in [0.15, 0.2) is 5.82 Å². The Bertz CT molecular complexity index is 434. The molecule has 1 N–H and O–H groups in total. The highest BCUT2D eigenvalue weighted by molar-refractivity contribution is 7.99. The smallest absolute Gasteiger partial charge is 0.233 e. The van der Waals surface area contributed by atoms with Crippen molar-refractivity contribution in [2.75, 3.05) is 25.5 Å². The zero-order chi connectivity index (χ0) is 14.5. The van der Waals surface area contributed by atoms with Crippen LogP contribution < -0.4 is 5.32 Å². The normalized spacial score (nSPS) is 30.4. The van der Waals surface area contributed by atoms with Crippen LogP contribution in [0.5, 0.6) is 0 Å². The average Bonchev–Trinajstić information content (AvgIpc) is 3.04. The molecular formula is C15H25N3O2S. The third-order valence-corrected chi connectivity index (χ3v) is 5.63. The first-order valence-corrected chi connectivity index (χ1v) is 9.19. The second-order valence-corrected chi connectivity index (χ2v) is 7.19. The molecule has 2 aliphatic rings. The van der Waals surface area contributed by atoms with Crippen molar-refractivity contribution in [2.24, 2.45) is 0 Å². The number of ether oxygens (including phenoxy) is 1. The molecule has 1 aromatic rings. The molecule has 0 bridgehead atoms. The van der Waals surface area contributed by atoms with Gasteiger partial charge < -0.3 is 14.6 Å². The first kappa shape index (κ1) is 15.3. The fourth-order valence-corrected chi connectivity index (χ4v) is 4.26. The number of hydrogen-bond donors (Lipinski definition) is 1. The van der Waals surface area contributed by atoms with Crippen LogP contribution in [0.2, 0.25) is 0 Å². The molecule has 6 heteroatoms. The highest BCUT2D eigenvalue weighted by atomic mass is 32.2. The summed E-state index contributed by atoms with van der Waals surface area (Å²) in [6.45, 7) is 4.71. The quantitative estimate of drug-likeness (QED) is 0.902. The predicted molar refractivity (Wildman–Crippen MR) is 83.6 cm³/mol. The van der Waals surface area contributed by atoms with Crippen molar-refractivity contribution in [2.45, 2.75) is 56.2 Å². The summed E-state index contributed by atoms with van der Waals surface area (Å²) in [4.78, 5) is 4.70. The first-order valence-electron chi connectivity index (χ1n) is 8.14. The number of rotatable bonds is 5. The largest absolute Gasteiger partial charge is 0.381 e. The van der Waals surface area contributed by atoms with Crippen LogP contribution in [-0.2, 0) is 4.74 Å². The zero-order valence-corrected chi connectivity index (χ0v) is 13.5. The number of nitrogens with one attached hydrogen (secondary N) is 1. The summed E-state index contributed by atoms with van der Waals surface area (Å²) in [5.74, 6) is 3.04. The monoisotopic (exact) mass is 311 g/mol. The zero-order valence-electron chi connectivity index (χ0n) is 12.7.